The maximum atomic E-state index is 4.10. The largest absolute Gasteiger partial charge is 0.148 e. The van der Waals surface area contributed by atoms with E-state index in [-0.39, 0.29) is 0 Å². The van der Waals surface area contributed by atoms with Gasteiger partial charge >= 0.3 is 0 Å². The van der Waals surface area contributed by atoms with Gasteiger partial charge in [0.1, 0.15) is 0 Å². The smallest absolute Gasteiger partial charge is 0.0187 e. The Kier molecular flexibility index (Phi) is 3.90. The lowest BCUT2D eigenvalue weighted by atomic mass is 10.4. The summed E-state index contributed by atoms with van der Waals surface area (Å²) >= 11 is 4.10. The van der Waals surface area contributed by atoms with Gasteiger partial charge in [0.2, 0.25) is 0 Å². The lowest BCUT2D eigenvalue weighted by Crippen LogP contribution is -1.60. The Labute approximate surface area is 50.3 Å². The van der Waals surface area contributed by atoms with Crippen LogP contribution >= 0.6 is 12.6 Å². The first-order chi connectivity index (χ1) is 3.31. The minimum Gasteiger partial charge on any atom is -0.148 e. The Bertz CT molecular complexity index is 82.2. The minimum absolute atomic E-state index is 0.995. The fourth-order valence-corrected chi connectivity index (χ4v) is 0.359. The quantitative estimate of drug-likeness (QED) is 0.413. The number of hydrogen-bond acceptors (Lipinski definition) is 1. The van der Waals surface area contributed by atoms with Crippen LogP contribution in [0.15, 0.2) is 23.6 Å². The lowest BCUT2D eigenvalue weighted by Gasteiger charge is -1.85. The average Bonchev–Trinajstić information content (AvgIpc) is 1.68. The van der Waals surface area contributed by atoms with E-state index in [4.69, 9.17) is 0 Å². The van der Waals surface area contributed by atoms with Crippen LogP contribution in [0.25, 0.3) is 0 Å². The Balaban J connectivity index is 3.49. The van der Waals surface area contributed by atoms with Gasteiger partial charge in [-0.2, -0.15) is 0 Å². The van der Waals surface area contributed by atoms with E-state index in [1.54, 1.807) is 6.08 Å². The molecule has 0 heterocycles. The molecule has 7 heavy (non-hydrogen) atoms. The molecule has 0 saturated carbocycles. The zero-order valence-electron chi connectivity index (χ0n) is 4.52. The molecule has 0 amide bonds. The Morgan fingerprint density at radius 3 is 2.57 bits per heavy atom. The second-order valence-corrected chi connectivity index (χ2v) is 1.82. The standard InChI is InChI=1S/C6H10S/c1-3-5-6(7)4-2/h3,5,7H,1,4H2,2H3/b6-5+. The second-order valence-electron chi connectivity index (χ2n) is 1.25. The van der Waals surface area contributed by atoms with Crippen molar-refractivity contribution >= 4 is 12.6 Å². The van der Waals surface area contributed by atoms with E-state index in [0.717, 1.165) is 11.3 Å². The SMILES string of the molecule is C=C/C=C(/S)CC. The summed E-state index contributed by atoms with van der Waals surface area (Å²) in [5.41, 5.74) is 0. The molecule has 0 unspecified atom stereocenters. The first kappa shape index (κ1) is 6.83. The lowest BCUT2D eigenvalue weighted by molar-refractivity contribution is 1.20. The van der Waals surface area contributed by atoms with Crippen molar-refractivity contribution in [1.82, 2.24) is 0 Å². The van der Waals surface area contributed by atoms with Gasteiger partial charge in [0.25, 0.3) is 0 Å². The molecule has 0 aromatic heterocycles. The topological polar surface area (TPSA) is 0 Å². The zero-order chi connectivity index (χ0) is 5.70. The number of thiol groups is 1. The van der Waals surface area contributed by atoms with Crippen molar-refractivity contribution in [3.8, 4) is 0 Å². The minimum atomic E-state index is 0.995. The number of allylic oxidation sites excluding steroid dienone is 3. The predicted octanol–water partition coefficient (Wildman–Crippen LogP) is 2.40. The summed E-state index contributed by atoms with van der Waals surface area (Å²) in [6.45, 7) is 5.58. The molecule has 1 heteroatoms. The fourth-order valence-electron chi connectivity index (χ4n) is 0.254. The van der Waals surface area contributed by atoms with Crippen LogP contribution in [0.4, 0.5) is 0 Å². The van der Waals surface area contributed by atoms with Crippen LogP contribution in [0.3, 0.4) is 0 Å². The summed E-state index contributed by atoms with van der Waals surface area (Å²) in [7, 11) is 0. The van der Waals surface area contributed by atoms with Crippen molar-refractivity contribution in [2.24, 2.45) is 0 Å². The van der Waals surface area contributed by atoms with Gasteiger partial charge < -0.3 is 0 Å². The number of hydrogen-bond donors (Lipinski definition) is 1. The molecule has 0 spiro atoms. The first-order valence-electron chi connectivity index (χ1n) is 2.31. The molecule has 40 valence electrons. The maximum Gasteiger partial charge on any atom is -0.0187 e. The highest BCUT2D eigenvalue weighted by Gasteiger charge is 1.76. The fraction of sp³-hybridized carbons (Fsp3) is 0.333. The van der Waals surface area contributed by atoms with Crippen molar-refractivity contribution in [2.75, 3.05) is 0 Å². The van der Waals surface area contributed by atoms with E-state index in [1.807, 2.05) is 6.08 Å². The molecule has 0 radical (unpaired) electrons. The summed E-state index contributed by atoms with van der Waals surface area (Å²) in [5.74, 6) is 0. The average molecular weight is 114 g/mol. The van der Waals surface area contributed by atoms with E-state index in [2.05, 4.69) is 26.1 Å². The molecule has 0 aliphatic heterocycles. The monoisotopic (exact) mass is 114 g/mol. The highest BCUT2D eigenvalue weighted by molar-refractivity contribution is 7.84. The third-order valence-corrected chi connectivity index (χ3v) is 1.14. The Morgan fingerprint density at radius 1 is 1.86 bits per heavy atom. The molecule has 0 aliphatic carbocycles. The van der Waals surface area contributed by atoms with E-state index < -0.39 is 0 Å². The van der Waals surface area contributed by atoms with Gasteiger partial charge in [0.05, 0.1) is 0 Å². The van der Waals surface area contributed by atoms with Crippen LogP contribution in [0.2, 0.25) is 0 Å². The van der Waals surface area contributed by atoms with Crippen molar-refractivity contribution in [3.05, 3.63) is 23.6 Å². The molecule has 0 rings (SSSR count). The van der Waals surface area contributed by atoms with E-state index in [0.29, 0.717) is 0 Å². The molecular weight excluding hydrogens is 104 g/mol. The molecule has 0 N–H and O–H groups in total. The maximum absolute atomic E-state index is 4.10. The van der Waals surface area contributed by atoms with Gasteiger partial charge in [-0.1, -0.05) is 25.7 Å². The molecular formula is C6H10S. The van der Waals surface area contributed by atoms with Crippen molar-refractivity contribution in [1.29, 1.82) is 0 Å². The van der Waals surface area contributed by atoms with Crippen molar-refractivity contribution in [3.63, 3.8) is 0 Å². The van der Waals surface area contributed by atoms with E-state index >= 15 is 0 Å². The third kappa shape index (κ3) is 3.67. The van der Waals surface area contributed by atoms with Crippen molar-refractivity contribution in [2.45, 2.75) is 13.3 Å². The van der Waals surface area contributed by atoms with Gasteiger partial charge in [-0.15, -0.1) is 12.6 Å². The van der Waals surface area contributed by atoms with Crippen LogP contribution in [0.1, 0.15) is 13.3 Å². The van der Waals surface area contributed by atoms with Crippen LogP contribution < -0.4 is 0 Å². The van der Waals surface area contributed by atoms with Crippen LogP contribution in [-0.2, 0) is 0 Å². The highest BCUT2D eigenvalue weighted by atomic mass is 32.1. The molecule has 0 bridgehead atoms. The van der Waals surface area contributed by atoms with Crippen LogP contribution in [0, 0.1) is 0 Å². The molecule has 0 atom stereocenters. The predicted molar refractivity (Wildman–Crippen MR) is 37.6 cm³/mol. The summed E-state index contributed by atoms with van der Waals surface area (Å²) in [6, 6.07) is 0. The molecule has 0 aromatic carbocycles. The van der Waals surface area contributed by atoms with Crippen molar-refractivity contribution < 1.29 is 0 Å². The van der Waals surface area contributed by atoms with Gasteiger partial charge in [-0.25, -0.2) is 0 Å². The van der Waals surface area contributed by atoms with Crippen LogP contribution in [0.5, 0.6) is 0 Å². The molecule has 0 aliphatic rings. The molecule has 0 saturated heterocycles. The highest BCUT2D eigenvalue weighted by Crippen LogP contribution is 2.03. The second kappa shape index (κ2) is 4.00. The third-order valence-electron chi connectivity index (χ3n) is 0.672. The number of rotatable bonds is 2. The van der Waals surface area contributed by atoms with Gasteiger partial charge in [0.15, 0.2) is 0 Å². The first-order valence-corrected chi connectivity index (χ1v) is 2.76. The summed E-state index contributed by atoms with van der Waals surface area (Å²) in [5, 5.41) is 0. The molecule has 0 aromatic rings. The summed E-state index contributed by atoms with van der Waals surface area (Å²) < 4.78 is 0. The van der Waals surface area contributed by atoms with E-state index in [9.17, 15) is 0 Å². The Hall–Kier alpha value is -0.170. The van der Waals surface area contributed by atoms with Gasteiger partial charge in [-0.3, -0.25) is 0 Å². The van der Waals surface area contributed by atoms with Gasteiger partial charge in [0, 0.05) is 0 Å². The summed E-state index contributed by atoms with van der Waals surface area (Å²) in [6.07, 6.45) is 4.63. The normalized spacial score (nSPS) is 11.4. The van der Waals surface area contributed by atoms with E-state index in [1.165, 1.54) is 0 Å². The zero-order valence-corrected chi connectivity index (χ0v) is 5.41. The molecule has 0 fully saturated rings. The Morgan fingerprint density at radius 2 is 2.43 bits per heavy atom. The summed E-state index contributed by atoms with van der Waals surface area (Å²) in [4.78, 5) is 1.08. The van der Waals surface area contributed by atoms with Gasteiger partial charge in [-0.05, 0) is 11.3 Å². The molecule has 0 nitrogen and oxygen atoms in total. The van der Waals surface area contributed by atoms with Crippen LogP contribution in [-0.4, -0.2) is 0 Å².